The molecule has 0 radical (unpaired) electrons. The molecule has 1 aromatic rings. The van der Waals surface area contributed by atoms with Crippen LogP contribution in [0.1, 0.15) is 47.2 Å². The maximum Gasteiger partial charge on any atom is 0.0511 e. The topological polar surface area (TPSA) is 50.1 Å². The Morgan fingerprint density at radius 3 is 2.16 bits per heavy atom. The first-order valence-electron chi connectivity index (χ1n) is 7.25. The summed E-state index contributed by atoms with van der Waals surface area (Å²) in [6, 6.07) is 3.13. The largest absolute Gasteiger partial charge is 0.330 e. The number of hydrogen-bond acceptors (Lipinski definition) is 3. The average Bonchev–Trinajstić information content (AvgIpc) is 2.71. The number of aryl methyl sites for hydroxylation is 2. The minimum absolute atomic E-state index is 0.372. The van der Waals surface area contributed by atoms with E-state index in [0.717, 1.165) is 13.0 Å². The van der Waals surface area contributed by atoms with E-state index in [1.807, 2.05) is 0 Å². The van der Waals surface area contributed by atoms with Crippen molar-refractivity contribution in [1.82, 2.24) is 10.9 Å². The van der Waals surface area contributed by atoms with Gasteiger partial charge in [-0.1, -0.05) is 6.07 Å². The van der Waals surface area contributed by atoms with Gasteiger partial charge in [0, 0.05) is 6.04 Å². The Morgan fingerprint density at radius 1 is 1.05 bits per heavy atom. The van der Waals surface area contributed by atoms with E-state index in [9.17, 15) is 0 Å². The second-order valence-corrected chi connectivity index (χ2v) is 5.97. The molecule has 1 heterocycles. The molecule has 4 N–H and O–H groups in total. The molecular weight excluding hydrogens is 234 g/mol. The van der Waals surface area contributed by atoms with Crippen LogP contribution in [0.2, 0.25) is 0 Å². The molecule has 0 aromatic heterocycles. The van der Waals surface area contributed by atoms with Gasteiger partial charge in [-0.25, -0.2) is 5.43 Å². The Balaban J connectivity index is 2.46. The minimum Gasteiger partial charge on any atom is -0.330 e. The van der Waals surface area contributed by atoms with E-state index in [4.69, 9.17) is 5.73 Å². The van der Waals surface area contributed by atoms with Crippen LogP contribution < -0.4 is 16.6 Å². The maximum absolute atomic E-state index is 5.79. The summed E-state index contributed by atoms with van der Waals surface area (Å²) in [6.07, 6.45) is 1.05. The van der Waals surface area contributed by atoms with Crippen LogP contribution in [0.15, 0.2) is 6.07 Å². The summed E-state index contributed by atoms with van der Waals surface area (Å²) >= 11 is 0. The fourth-order valence-corrected chi connectivity index (χ4v) is 3.33. The van der Waals surface area contributed by atoms with Gasteiger partial charge in [-0.05, 0) is 81.3 Å². The Bertz CT molecular complexity index is 441. The predicted molar refractivity (Wildman–Crippen MR) is 81.0 cm³/mol. The zero-order valence-electron chi connectivity index (χ0n) is 12.8. The highest BCUT2D eigenvalue weighted by Gasteiger charge is 2.35. The van der Waals surface area contributed by atoms with Gasteiger partial charge < -0.3 is 5.73 Å². The number of nitrogens with two attached hydrogens (primary N) is 1. The van der Waals surface area contributed by atoms with Crippen LogP contribution in [0.3, 0.4) is 0 Å². The van der Waals surface area contributed by atoms with Crippen molar-refractivity contribution in [2.24, 2.45) is 11.7 Å². The Labute approximate surface area is 116 Å². The Hall–Kier alpha value is -0.900. The summed E-state index contributed by atoms with van der Waals surface area (Å²) in [6.45, 7) is 11.9. The molecule has 0 saturated carbocycles. The quantitative estimate of drug-likeness (QED) is 0.783. The maximum atomic E-state index is 5.79. The molecule has 3 unspecified atom stereocenters. The molecule has 19 heavy (non-hydrogen) atoms. The summed E-state index contributed by atoms with van der Waals surface area (Å²) in [5.41, 5.74) is 19.7. The molecule has 1 aliphatic rings. The van der Waals surface area contributed by atoms with E-state index in [-0.39, 0.29) is 0 Å². The van der Waals surface area contributed by atoms with Crippen molar-refractivity contribution in [1.29, 1.82) is 0 Å². The van der Waals surface area contributed by atoms with Crippen LogP contribution >= 0.6 is 0 Å². The minimum atomic E-state index is 0.372. The third-order valence-electron chi connectivity index (χ3n) is 4.77. The normalized spacial score (nSPS) is 26.9. The highest BCUT2D eigenvalue weighted by atomic mass is 15.4. The molecule has 1 saturated heterocycles. The molecular formula is C16H27N3. The molecule has 1 fully saturated rings. The summed E-state index contributed by atoms with van der Waals surface area (Å²) in [5, 5.41) is 0. The summed E-state index contributed by atoms with van der Waals surface area (Å²) < 4.78 is 0. The van der Waals surface area contributed by atoms with Crippen molar-refractivity contribution in [3.63, 3.8) is 0 Å². The van der Waals surface area contributed by atoms with Gasteiger partial charge in [0.05, 0.1) is 6.04 Å². The molecule has 3 nitrogen and oxygen atoms in total. The summed E-state index contributed by atoms with van der Waals surface area (Å²) in [4.78, 5) is 0. The standard InChI is InChI=1S/C16H27N3/c1-9-8-10(2)12(4)15(11(9)3)16-14(6-7-17)13(5)18-19-16/h8,13-14,16,18-19H,6-7,17H2,1-5H3. The van der Waals surface area contributed by atoms with Crippen LogP contribution in [-0.2, 0) is 0 Å². The summed E-state index contributed by atoms with van der Waals surface area (Å²) in [5.74, 6) is 0.559. The van der Waals surface area contributed by atoms with Gasteiger partial charge in [-0.2, -0.15) is 0 Å². The van der Waals surface area contributed by atoms with Gasteiger partial charge in [-0.3, -0.25) is 5.43 Å². The van der Waals surface area contributed by atoms with Gasteiger partial charge in [-0.15, -0.1) is 0 Å². The summed E-state index contributed by atoms with van der Waals surface area (Å²) in [7, 11) is 0. The zero-order chi connectivity index (χ0) is 14.2. The second-order valence-electron chi connectivity index (χ2n) is 5.97. The van der Waals surface area contributed by atoms with E-state index in [1.165, 1.54) is 27.8 Å². The molecule has 0 aliphatic carbocycles. The first-order chi connectivity index (χ1) is 8.97. The van der Waals surface area contributed by atoms with Gasteiger partial charge in [0.25, 0.3) is 0 Å². The third-order valence-corrected chi connectivity index (χ3v) is 4.77. The molecule has 0 amide bonds. The number of rotatable bonds is 3. The average molecular weight is 261 g/mol. The van der Waals surface area contributed by atoms with Gasteiger partial charge >= 0.3 is 0 Å². The smallest absolute Gasteiger partial charge is 0.0511 e. The fourth-order valence-electron chi connectivity index (χ4n) is 3.33. The van der Waals surface area contributed by atoms with Crippen molar-refractivity contribution in [2.75, 3.05) is 6.54 Å². The Morgan fingerprint density at radius 2 is 1.63 bits per heavy atom. The number of hydrazine groups is 1. The number of hydrogen-bond donors (Lipinski definition) is 3. The van der Waals surface area contributed by atoms with Crippen molar-refractivity contribution in [2.45, 2.75) is 53.1 Å². The van der Waals surface area contributed by atoms with E-state index < -0.39 is 0 Å². The van der Waals surface area contributed by atoms with Crippen molar-refractivity contribution >= 4 is 0 Å². The molecule has 3 heteroatoms. The molecule has 106 valence electrons. The number of benzene rings is 1. The van der Waals surface area contributed by atoms with E-state index in [2.05, 4.69) is 51.5 Å². The van der Waals surface area contributed by atoms with Gasteiger partial charge in [0.1, 0.15) is 0 Å². The highest BCUT2D eigenvalue weighted by molar-refractivity contribution is 5.46. The van der Waals surface area contributed by atoms with Crippen LogP contribution in [0, 0.1) is 33.6 Å². The molecule has 1 aliphatic heterocycles. The lowest BCUT2D eigenvalue weighted by molar-refractivity contribution is 0.407. The number of nitrogens with one attached hydrogen (secondary N) is 2. The van der Waals surface area contributed by atoms with Gasteiger partial charge in [0.2, 0.25) is 0 Å². The lowest BCUT2D eigenvalue weighted by Gasteiger charge is -2.26. The van der Waals surface area contributed by atoms with Crippen molar-refractivity contribution in [3.05, 3.63) is 33.9 Å². The molecule has 0 bridgehead atoms. The second kappa shape index (κ2) is 5.61. The first-order valence-corrected chi connectivity index (χ1v) is 7.25. The Kier molecular flexibility index (Phi) is 4.29. The monoisotopic (exact) mass is 261 g/mol. The van der Waals surface area contributed by atoms with Crippen molar-refractivity contribution in [3.8, 4) is 0 Å². The van der Waals surface area contributed by atoms with Crippen molar-refractivity contribution < 1.29 is 0 Å². The van der Waals surface area contributed by atoms with Crippen LogP contribution in [0.4, 0.5) is 0 Å². The van der Waals surface area contributed by atoms with Gasteiger partial charge in [0.15, 0.2) is 0 Å². The van der Waals surface area contributed by atoms with Crippen LogP contribution in [-0.4, -0.2) is 12.6 Å². The molecule has 1 aromatic carbocycles. The molecule has 2 rings (SSSR count). The van der Waals surface area contributed by atoms with Crippen LogP contribution in [0.25, 0.3) is 0 Å². The SMILES string of the molecule is Cc1cc(C)c(C)c(C2NNC(C)C2CCN)c1C. The van der Waals surface area contributed by atoms with E-state index in [1.54, 1.807) is 0 Å². The van der Waals surface area contributed by atoms with Crippen LogP contribution in [0.5, 0.6) is 0 Å². The molecule has 0 spiro atoms. The fraction of sp³-hybridized carbons (Fsp3) is 0.625. The first kappa shape index (κ1) is 14.5. The highest BCUT2D eigenvalue weighted by Crippen LogP contribution is 2.36. The lowest BCUT2D eigenvalue weighted by atomic mass is 9.81. The van der Waals surface area contributed by atoms with E-state index in [0.29, 0.717) is 18.0 Å². The lowest BCUT2D eigenvalue weighted by Crippen LogP contribution is -2.29. The zero-order valence-corrected chi connectivity index (χ0v) is 12.8. The molecule has 3 atom stereocenters. The predicted octanol–water partition coefficient (Wildman–Crippen LogP) is 2.42. The van der Waals surface area contributed by atoms with E-state index >= 15 is 0 Å². The third kappa shape index (κ3) is 2.55.